The van der Waals surface area contributed by atoms with Crippen LogP contribution in [0, 0.1) is 0 Å². The maximum atomic E-state index is 12.7. The number of morpholine rings is 1. The molecule has 0 aliphatic carbocycles. The van der Waals surface area contributed by atoms with Crippen molar-refractivity contribution < 1.29 is 19.1 Å². The van der Waals surface area contributed by atoms with Crippen LogP contribution in [-0.2, 0) is 9.53 Å². The number of likely N-dealkylation sites (N-methyl/N-ethyl adjacent to an activating group) is 1. The van der Waals surface area contributed by atoms with Crippen LogP contribution >= 0.6 is 0 Å². The average molecular weight is 447 g/mol. The summed E-state index contributed by atoms with van der Waals surface area (Å²) < 4.78 is 11.1. The molecule has 1 aliphatic rings. The van der Waals surface area contributed by atoms with Crippen molar-refractivity contribution >= 4 is 23.2 Å². The van der Waals surface area contributed by atoms with E-state index < -0.39 is 0 Å². The Morgan fingerprint density at radius 3 is 2.42 bits per heavy atom. The van der Waals surface area contributed by atoms with Gasteiger partial charge in [0.1, 0.15) is 11.5 Å². The lowest BCUT2D eigenvalue weighted by molar-refractivity contribution is -0.116. The number of ether oxygens (including phenoxy) is 2. The number of aromatic nitrogens is 1. The third kappa shape index (κ3) is 6.08. The molecule has 1 N–H and O–H groups in total. The summed E-state index contributed by atoms with van der Waals surface area (Å²) in [5.74, 6) is 0.700. The number of nitrogens with zero attached hydrogens (tertiary/aromatic N) is 3. The highest BCUT2D eigenvalue weighted by Gasteiger charge is 2.16. The SMILES string of the molecule is CN(CC(=O)Nc1ccc(N2CCOCC2)cc1)C(=O)c1ccc(Oc2cccnc2)cc1. The molecule has 3 aromatic rings. The second-order valence-corrected chi connectivity index (χ2v) is 7.67. The molecule has 2 aromatic carbocycles. The summed E-state index contributed by atoms with van der Waals surface area (Å²) in [6.07, 6.45) is 3.28. The zero-order valence-electron chi connectivity index (χ0n) is 18.4. The quantitative estimate of drug-likeness (QED) is 0.599. The second-order valence-electron chi connectivity index (χ2n) is 7.67. The third-order valence-corrected chi connectivity index (χ3v) is 5.23. The van der Waals surface area contributed by atoms with E-state index in [0.29, 0.717) is 22.7 Å². The summed E-state index contributed by atoms with van der Waals surface area (Å²) in [7, 11) is 1.60. The Kier molecular flexibility index (Phi) is 7.16. The molecular weight excluding hydrogens is 420 g/mol. The molecule has 0 radical (unpaired) electrons. The maximum Gasteiger partial charge on any atom is 0.254 e. The second kappa shape index (κ2) is 10.6. The lowest BCUT2D eigenvalue weighted by Gasteiger charge is -2.28. The first-order valence-electron chi connectivity index (χ1n) is 10.7. The Morgan fingerprint density at radius 1 is 1.03 bits per heavy atom. The number of pyridine rings is 1. The smallest absolute Gasteiger partial charge is 0.254 e. The highest BCUT2D eigenvalue weighted by Crippen LogP contribution is 2.21. The van der Waals surface area contributed by atoms with Gasteiger partial charge in [0.2, 0.25) is 5.91 Å². The molecule has 8 heteroatoms. The lowest BCUT2D eigenvalue weighted by Crippen LogP contribution is -2.36. The number of benzene rings is 2. The van der Waals surface area contributed by atoms with E-state index in [2.05, 4.69) is 15.2 Å². The summed E-state index contributed by atoms with van der Waals surface area (Å²) in [5.41, 5.74) is 2.26. The monoisotopic (exact) mass is 446 g/mol. The summed E-state index contributed by atoms with van der Waals surface area (Å²) in [4.78, 5) is 32.8. The van der Waals surface area contributed by atoms with Crippen molar-refractivity contribution in [3.05, 3.63) is 78.6 Å². The molecule has 1 saturated heterocycles. The van der Waals surface area contributed by atoms with Crippen LogP contribution in [0.2, 0.25) is 0 Å². The largest absolute Gasteiger partial charge is 0.456 e. The van der Waals surface area contributed by atoms with E-state index in [-0.39, 0.29) is 18.4 Å². The molecular formula is C25H26N4O4. The Hall–Kier alpha value is -3.91. The number of hydrogen-bond acceptors (Lipinski definition) is 6. The van der Waals surface area contributed by atoms with Gasteiger partial charge in [0, 0.05) is 43.3 Å². The van der Waals surface area contributed by atoms with Crippen molar-refractivity contribution in [1.82, 2.24) is 9.88 Å². The Balaban J connectivity index is 1.28. The van der Waals surface area contributed by atoms with Gasteiger partial charge in [-0.15, -0.1) is 0 Å². The minimum atomic E-state index is -0.262. The molecule has 1 aliphatic heterocycles. The van der Waals surface area contributed by atoms with Crippen molar-refractivity contribution in [2.45, 2.75) is 0 Å². The average Bonchev–Trinajstić information content (AvgIpc) is 2.85. The predicted molar refractivity (Wildman–Crippen MR) is 126 cm³/mol. The summed E-state index contributed by atoms with van der Waals surface area (Å²) >= 11 is 0. The number of carbonyl (C=O) groups is 2. The highest BCUT2D eigenvalue weighted by molar-refractivity contribution is 5.99. The topological polar surface area (TPSA) is 84.0 Å². The minimum Gasteiger partial charge on any atom is -0.456 e. The van der Waals surface area contributed by atoms with Gasteiger partial charge in [-0.1, -0.05) is 0 Å². The molecule has 0 bridgehead atoms. The van der Waals surface area contributed by atoms with Crippen molar-refractivity contribution in [3.8, 4) is 11.5 Å². The first-order chi connectivity index (χ1) is 16.1. The summed E-state index contributed by atoms with van der Waals surface area (Å²) in [6.45, 7) is 3.10. The number of nitrogens with one attached hydrogen (secondary N) is 1. The summed E-state index contributed by atoms with van der Waals surface area (Å²) in [6, 6.07) is 18.0. The summed E-state index contributed by atoms with van der Waals surface area (Å²) in [5, 5.41) is 2.84. The van der Waals surface area contributed by atoms with Crippen LogP contribution in [0.15, 0.2) is 73.1 Å². The van der Waals surface area contributed by atoms with E-state index in [9.17, 15) is 9.59 Å². The molecule has 170 valence electrons. The molecule has 8 nitrogen and oxygen atoms in total. The van der Waals surface area contributed by atoms with Gasteiger partial charge in [0.25, 0.3) is 5.91 Å². The van der Waals surface area contributed by atoms with E-state index in [0.717, 1.165) is 32.0 Å². The Bertz CT molecular complexity index is 1070. The van der Waals surface area contributed by atoms with E-state index in [1.807, 2.05) is 24.3 Å². The van der Waals surface area contributed by atoms with Crippen LogP contribution < -0.4 is 15.0 Å². The fourth-order valence-electron chi connectivity index (χ4n) is 3.49. The van der Waals surface area contributed by atoms with Gasteiger partial charge in [-0.05, 0) is 60.7 Å². The third-order valence-electron chi connectivity index (χ3n) is 5.23. The molecule has 0 spiro atoms. The molecule has 1 aromatic heterocycles. The van der Waals surface area contributed by atoms with Crippen molar-refractivity contribution in [2.24, 2.45) is 0 Å². The maximum absolute atomic E-state index is 12.7. The fourth-order valence-corrected chi connectivity index (χ4v) is 3.49. The van der Waals surface area contributed by atoms with Crippen molar-refractivity contribution in [2.75, 3.05) is 50.1 Å². The van der Waals surface area contributed by atoms with E-state index in [4.69, 9.17) is 9.47 Å². The zero-order chi connectivity index (χ0) is 23.0. The van der Waals surface area contributed by atoms with Crippen LogP contribution in [0.3, 0.4) is 0 Å². The zero-order valence-corrected chi connectivity index (χ0v) is 18.4. The standard InChI is InChI=1S/C25H26N4O4/c1-28(25(31)19-4-10-22(11-5-19)33-23-3-2-12-26-17-23)18-24(30)27-20-6-8-21(9-7-20)29-13-15-32-16-14-29/h2-12,17H,13-16,18H2,1H3,(H,27,30). The Labute approximate surface area is 192 Å². The molecule has 2 heterocycles. The van der Waals surface area contributed by atoms with Gasteiger partial charge in [-0.25, -0.2) is 0 Å². The highest BCUT2D eigenvalue weighted by atomic mass is 16.5. The molecule has 33 heavy (non-hydrogen) atoms. The van der Waals surface area contributed by atoms with Crippen LogP contribution in [0.1, 0.15) is 10.4 Å². The minimum absolute atomic E-state index is 0.0576. The fraction of sp³-hybridized carbons (Fsp3) is 0.240. The number of anilines is 2. The van der Waals surface area contributed by atoms with Gasteiger partial charge in [0.05, 0.1) is 26.0 Å². The van der Waals surface area contributed by atoms with E-state index in [1.54, 1.807) is 55.8 Å². The van der Waals surface area contributed by atoms with Gasteiger partial charge in [-0.2, -0.15) is 0 Å². The molecule has 1 fully saturated rings. The normalized spacial score (nSPS) is 13.3. The number of hydrogen-bond donors (Lipinski definition) is 1. The predicted octanol–water partition coefficient (Wildman–Crippen LogP) is 3.42. The number of carbonyl (C=O) groups excluding carboxylic acids is 2. The lowest BCUT2D eigenvalue weighted by atomic mass is 10.2. The number of rotatable bonds is 7. The molecule has 2 amide bonds. The van der Waals surface area contributed by atoms with Gasteiger partial charge in [0.15, 0.2) is 0 Å². The van der Waals surface area contributed by atoms with Gasteiger partial charge in [-0.3, -0.25) is 14.6 Å². The first-order valence-corrected chi connectivity index (χ1v) is 10.7. The molecule has 0 saturated carbocycles. The van der Waals surface area contributed by atoms with E-state index >= 15 is 0 Å². The first kappa shape index (κ1) is 22.3. The van der Waals surface area contributed by atoms with Crippen LogP contribution in [0.25, 0.3) is 0 Å². The van der Waals surface area contributed by atoms with Crippen LogP contribution in [-0.4, -0.2) is 61.6 Å². The van der Waals surface area contributed by atoms with Crippen LogP contribution in [0.5, 0.6) is 11.5 Å². The number of amides is 2. The molecule has 0 atom stereocenters. The van der Waals surface area contributed by atoms with Gasteiger partial charge < -0.3 is 24.6 Å². The van der Waals surface area contributed by atoms with Gasteiger partial charge >= 0.3 is 0 Å². The van der Waals surface area contributed by atoms with Crippen LogP contribution in [0.4, 0.5) is 11.4 Å². The molecule has 4 rings (SSSR count). The molecule has 0 unspecified atom stereocenters. The van der Waals surface area contributed by atoms with E-state index in [1.165, 1.54) is 4.90 Å². The Morgan fingerprint density at radius 2 is 1.76 bits per heavy atom. The van der Waals surface area contributed by atoms with Crippen molar-refractivity contribution in [1.29, 1.82) is 0 Å². The van der Waals surface area contributed by atoms with Crippen molar-refractivity contribution in [3.63, 3.8) is 0 Å².